The third kappa shape index (κ3) is 6.93. The summed E-state index contributed by atoms with van der Waals surface area (Å²) in [5, 5.41) is 11.9. The van der Waals surface area contributed by atoms with E-state index in [1.807, 2.05) is 66.5 Å². The van der Waals surface area contributed by atoms with Gasteiger partial charge in [-0.3, -0.25) is 9.59 Å². The number of aryl methyl sites for hydroxylation is 1. The van der Waals surface area contributed by atoms with E-state index in [-0.39, 0.29) is 18.3 Å². The Bertz CT molecular complexity index is 1040. The predicted octanol–water partition coefficient (Wildman–Crippen LogP) is 4.58. The first-order chi connectivity index (χ1) is 15.5. The molecule has 1 amide bonds. The molecular formula is C27H28N2O3. The number of aliphatic hydroxyl groups is 1. The van der Waals surface area contributed by atoms with Gasteiger partial charge >= 0.3 is 0 Å². The molecule has 0 spiro atoms. The Hall–Kier alpha value is -3.70. The highest BCUT2D eigenvalue weighted by molar-refractivity contribution is 6.07. The van der Waals surface area contributed by atoms with Crippen LogP contribution in [-0.4, -0.2) is 37.0 Å². The molecule has 5 heteroatoms. The molecule has 0 bridgehead atoms. The number of ketones is 1. The molecule has 0 aliphatic rings. The van der Waals surface area contributed by atoms with Crippen molar-refractivity contribution in [2.75, 3.05) is 30.4 Å². The lowest BCUT2D eigenvalue weighted by Crippen LogP contribution is -2.20. The molecule has 0 aromatic heterocycles. The fourth-order valence-corrected chi connectivity index (χ4v) is 3.23. The van der Waals surface area contributed by atoms with E-state index in [0.717, 1.165) is 16.8 Å². The van der Waals surface area contributed by atoms with E-state index in [1.54, 1.807) is 36.4 Å². The smallest absolute Gasteiger partial charge is 0.224 e. The molecule has 5 nitrogen and oxygen atoms in total. The molecule has 3 aromatic rings. The van der Waals surface area contributed by atoms with Crippen molar-refractivity contribution in [3.8, 4) is 0 Å². The Morgan fingerprint density at radius 3 is 2.28 bits per heavy atom. The van der Waals surface area contributed by atoms with E-state index in [9.17, 15) is 9.59 Å². The molecule has 32 heavy (non-hydrogen) atoms. The first-order valence-corrected chi connectivity index (χ1v) is 10.6. The third-order valence-corrected chi connectivity index (χ3v) is 5.13. The number of carbonyl (C=O) groups excluding carboxylic acids is 2. The van der Waals surface area contributed by atoms with Crippen LogP contribution in [0.15, 0.2) is 84.9 Å². The Kier molecular flexibility index (Phi) is 8.35. The summed E-state index contributed by atoms with van der Waals surface area (Å²) in [6.07, 6.45) is 4.41. The molecular weight excluding hydrogens is 400 g/mol. The largest absolute Gasteiger partial charge is 0.395 e. The molecule has 0 aliphatic carbocycles. The minimum atomic E-state index is -0.103. The molecule has 0 unspecified atom stereocenters. The topological polar surface area (TPSA) is 69.6 Å². The van der Waals surface area contributed by atoms with Gasteiger partial charge in [-0.2, -0.15) is 0 Å². The lowest BCUT2D eigenvalue weighted by molar-refractivity contribution is -0.116. The van der Waals surface area contributed by atoms with Crippen LogP contribution in [0.4, 0.5) is 11.4 Å². The van der Waals surface area contributed by atoms with Crippen LogP contribution in [-0.2, 0) is 11.2 Å². The van der Waals surface area contributed by atoms with Gasteiger partial charge in [0.1, 0.15) is 0 Å². The van der Waals surface area contributed by atoms with Gasteiger partial charge in [0.15, 0.2) is 5.78 Å². The van der Waals surface area contributed by atoms with Crippen molar-refractivity contribution >= 4 is 29.1 Å². The zero-order valence-electron chi connectivity index (χ0n) is 18.2. The highest BCUT2D eigenvalue weighted by Gasteiger charge is 2.06. The van der Waals surface area contributed by atoms with Gasteiger partial charge in [0.05, 0.1) is 6.61 Å². The summed E-state index contributed by atoms with van der Waals surface area (Å²) in [6, 6.07) is 24.6. The Morgan fingerprint density at radius 1 is 0.938 bits per heavy atom. The number of hydrogen-bond acceptors (Lipinski definition) is 4. The average Bonchev–Trinajstić information content (AvgIpc) is 2.83. The molecule has 2 N–H and O–H groups in total. The van der Waals surface area contributed by atoms with Gasteiger partial charge in [0.25, 0.3) is 0 Å². The Labute approximate surface area is 189 Å². The van der Waals surface area contributed by atoms with E-state index < -0.39 is 0 Å². The maximum Gasteiger partial charge on any atom is 0.224 e. The first-order valence-electron chi connectivity index (χ1n) is 10.6. The van der Waals surface area contributed by atoms with Crippen LogP contribution in [0, 0.1) is 0 Å². The lowest BCUT2D eigenvalue weighted by Gasteiger charge is -2.17. The number of anilines is 2. The molecule has 0 saturated carbocycles. The summed E-state index contributed by atoms with van der Waals surface area (Å²) in [6.45, 7) is 0.667. The van der Waals surface area contributed by atoms with Gasteiger partial charge in [0, 0.05) is 37.0 Å². The molecule has 0 fully saturated rings. The number of rotatable bonds is 10. The Balaban J connectivity index is 1.51. The van der Waals surface area contributed by atoms with Crippen LogP contribution in [0.2, 0.25) is 0 Å². The second-order valence-corrected chi connectivity index (χ2v) is 7.55. The van der Waals surface area contributed by atoms with Crippen LogP contribution in [0.1, 0.15) is 27.9 Å². The quantitative estimate of drug-likeness (QED) is 0.366. The minimum absolute atomic E-state index is 0.0547. The summed E-state index contributed by atoms with van der Waals surface area (Å²) in [4.78, 5) is 26.6. The average molecular weight is 429 g/mol. The number of hydrogen-bond donors (Lipinski definition) is 2. The van der Waals surface area contributed by atoms with Crippen molar-refractivity contribution in [3.63, 3.8) is 0 Å². The first kappa shape index (κ1) is 23.0. The third-order valence-electron chi connectivity index (χ3n) is 5.13. The minimum Gasteiger partial charge on any atom is -0.395 e. The number of aliphatic hydroxyl groups excluding tert-OH is 1. The summed E-state index contributed by atoms with van der Waals surface area (Å²) >= 11 is 0. The SMILES string of the molecule is CN(CCO)c1ccc(/C=C/C(=O)c2ccc(NC(=O)CCc3ccccc3)cc2)cc1. The van der Waals surface area contributed by atoms with Gasteiger partial charge in [-0.15, -0.1) is 0 Å². The fraction of sp³-hybridized carbons (Fsp3) is 0.185. The maximum atomic E-state index is 12.5. The van der Waals surface area contributed by atoms with E-state index in [0.29, 0.717) is 30.6 Å². The van der Waals surface area contributed by atoms with Crippen molar-refractivity contribution in [1.82, 2.24) is 0 Å². The van der Waals surface area contributed by atoms with Gasteiger partial charge in [-0.1, -0.05) is 48.5 Å². The Morgan fingerprint density at radius 2 is 1.62 bits per heavy atom. The maximum absolute atomic E-state index is 12.5. The van der Waals surface area contributed by atoms with Gasteiger partial charge < -0.3 is 15.3 Å². The molecule has 0 saturated heterocycles. The highest BCUT2D eigenvalue weighted by Crippen LogP contribution is 2.16. The summed E-state index contributed by atoms with van der Waals surface area (Å²) < 4.78 is 0. The summed E-state index contributed by atoms with van der Waals surface area (Å²) in [5.41, 5.74) is 4.28. The van der Waals surface area contributed by atoms with Crippen LogP contribution in [0.5, 0.6) is 0 Å². The number of carbonyl (C=O) groups is 2. The molecule has 3 rings (SSSR count). The van der Waals surface area contributed by atoms with Gasteiger partial charge in [0.2, 0.25) is 5.91 Å². The number of nitrogens with zero attached hydrogens (tertiary/aromatic N) is 1. The number of likely N-dealkylation sites (N-methyl/N-ethyl adjacent to an activating group) is 1. The summed E-state index contributed by atoms with van der Waals surface area (Å²) in [7, 11) is 1.92. The van der Waals surface area contributed by atoms with Crippen molar-refractivity contribution in [3.05, 3.63) is 102 Å². The van der Waals surface area contributed by atoms with E-state index in [4.69, 9.17) is 5.11 Å². The molecule has 3 aromatic carbocycles. The van der Waals surface area contributed by atoms with Crippen molar-refractivity contribution < 1.29 is 14.7 Å². The second kappa shape index (κ2) is 11.6. The zero-order valence-corrected chi connectivity index (χ0v) is 18.2. The highest BCUT2D eigenvalue weighted by atomic mass is 16.3. The number of benzene rings is 3. The predicted molar refractivity (Wildman–Crippen MR) is 130 cm³/mol. The molecule has 0 aliphatic heterocycles. The normalized spacial score (nSPS) is 10.8. The van der Waals surface area contributed by atoms with Crippen molar-refractivity contribution in [2.24, 2.45) is 0 Å². The standard InChI is InChI=1S/C27H28N2O3/c1-29(19-20-30)25-15-7-22(8-16-25)9-17-26(31)23-11-13-24(14-12-23)28-27(32)18-10-21-5-3-2-4-6-21/h2-9,11-17,30H,10,18-20H2,1H3,(H,28,32)/b17-9+. The second-order valence-electron chi connectivity index (χ2n) is 7.55. The molecule has 0 heterocycles. The molecule has 0 atom stereocenters. The van der Waals surface area contributed by atoms with Crippen LogP contribution < -0.4 is 10.2 Å². The van der Waals surface area contributed by atoms with Crippen LogP contribution in [0.25, 0.3) is 6.08 Å². The number of allylic oxidation sites excluding steroid dienone is 1. The fourth-order valence-electron chi connectivity index (χ4n) is 3.23. The monoisotopic (exact) mass is 428 g/mol. The van der Waals surface area contributed by atoms with Gasteiger partial charge in [-0.25, -0.2) is 0 Å². The van der Waals surface area contributed by atoms with Gasteiger partial charge in [-0.05, 0) is 60.0 Å². The number of amides is 1. The van der Waals surface area contributed by atoms with E-state index in [2.05, 4.69) is 5.32 Å². The summed E-state index contributed by atoms with van der Waals surface area (Å²) in [5.74, 6) is -0.158. The van der Waals surface area contributed by atoms with Crippen LogP contribution in [0.3, 0.4) is 0 Å². The lowest BCUT2D eigenvalue weighted by atomic mass is 10.1. The molecule has 164 valence electrons. The van der Waals surface area contributed by atoms with Crippen molar-refractivity contribution in [2.45, 2.75) is 12.8 Å². The van der Waals surface area contributed by atoms with E-state index in [1.165, 1.54) is 0 Å². The van der Waals surface area contributed by atoms with Crippen LogP contribution >= 0.6 is 0 Å². The number of nitrogens with one attached hydrogen (secondary N) is 1. The zero-order chi connectivity index (χ0) is 22.8. The van der Waals surface area contributed by atoms with Crippen molar-refractivity contribution in [1.29, 1.82) is 0 Å². The molecule has 0 radical (unpaired) electrons. The van der Waals surface area contributed by atoms with E-state index >= 15 is 0 Å².